The fourth-order valence-corrected chi connectivity index (χ4v) is 2.32. The van der Waals surface area contributed by atoms with Gasteiger partial charge in [-0.3, -0.25) is 4.79 Å². The lowest BCUT2D eigenvalue weighted by atomic mass is 10.3. The second-order valence-corrected chi connectivity index (χ2v) is 5.26. The Morgan fingerprint density at radius 1 is 1.42 bits per heavy atom. The van der Waals surface area contributed by atoms with Crippen molar-refractivity contribution in [3.05, 3.63) is 5.82 Å². The molecule has 1 aliphatic rings. The predicted octanol–water partition coefficient (Wildman–Crippen LogP) is 2.28. The Hall–Kier alpha value is -1.25. The summed E-state index contributed by atoms with van der Waals surface area (Å²) in [5.74, 6) is -0.574. The van der Waals surface area contributed by atoms with Crippen molar-refractivity contribution in [1.82, 2.24) is 14.8 Å². The molecule has 0 atom stereocenters. The lowest BCUT2D eigenvalue weighted by Crippen LogP contribution is -2.14. The van der Waals surface area contributed by atoms with Crippen LogP contribution in [-0.2, 0) is 11.3 Å². The van der Waals surface area contributed by atoms with E-state index in [1.807, 2.05) is 0 Å². The van der Waals surface area contributed by atoms with Gasteiger partial charge in [0.15, 0.2) is 5.16 Å². The molecule has 0 aromatic carbocycles. The molecule has 0 unspecified atom stereocenters. The van der Waals surface area contributed by atoms with Crippen LogP contribution in [0.3, 0.4) is 0 Å². The second kappa shape index (κ2) is 5.40. The van der Waals surface area contributed by atoms with E-state index in [0.29, 0.717) is 5.82 Å². The highest BCUT2D eigenvalue weighted by atomic mass is 32.2. The standard InChI is InChI=1S/C10H12F3N3O2S/c11-10(12,13)3-4-16-8(6-1-2-6)14-15-9(16)19-5-7(17)18/h6H,1-5H2,(H,17,18). The first-order valence-corrected chi connectivity index (χ1v) is 6.70. The third-order valence-corrected chi connectivity index (χ3v) is 3.58. The van der Waals surface area contributed by atoms with Gasteiger partial charge in [0.25, 0.3) is 0 Å². The maximum atomic E-state index is 12.3. The van der Waals surface area contributed by atoms with Crippen LogP contribution in [-0.4, -0.2) is 37.8 Å². The van der Waals surface area contributed by atoms with Crippen molar-refractivity contribution in [1.29, 1.82) is 0 Å². The van der Waals surface area contributed by atoms with E-state index in [1.54, 1.807) is 0 Å². The molecule has 1 aliphatic carbocycles. The highest BCUT2D eigenvalue weighted by Gasteiger charge is 2.33. The lowest BCUT2D eigenvalue weighted by molar-refractivity contribution is -0.137. The van der Waals surface area contributed by atoms with Gasteiger partial charge in [0, 0.05) is 12.5 Å². The number of nitrogens with zero attached hydrogens (tertiary/aromatic N) is 3. The molecular formula is C10H12F3N3O2S. The summed E-state index contributed by atoms with van der Waals surface area (Å²) in [6, 6.07) is 0. The molecule has 0 spiro atoms. The van der Waals surface area contributed by atoms with E-state index in [2.05, 4.69) is 10.2 Å². The van der Waals surface area contributed by atoms with Crippen LogP contribution in [0.5, 0.6) is 0 Å². The van der Waals surface area contributed by atoms with Gasteiger partial charge < -0.3 is 9.67 Å². The van der Waals surface area contributed by atoms with Gasteiger partial charge >= 0.3 is 12.1 Å². The summed E-state index contributed by atoms with van der Waals surface area (Å²) in [5, 5.41) is 16.5. The molecule has 0 radical (unpaired) electrons. The zero-order valence-corrected chi connectivity index (χ0v) is 10.7. The zero-order valence-electron chi connectivity index (χ0n) is 9.85. The van der Waals surface area contributed by atoms with Gasteiger partial charge in [-0.1, -0.05) is 11.8 Å². The Kier molecular flexibility index (Phi) is 4.02. The number of carboxylic acid groups (broad SMARTS) is 1. The molecule has 0 aliphatic heterocycles. The number of halogens is 3. The largest absolute Gasteiger partial charge is 0.481 e. The number of aliphatic carboxylic acids is 1. The third kappa shape index (κ3) is 4.12. The molecule has 0 saturated heterocycles. The van der Waals surface area contributed by atoms with Gasteiger partial charge in [0.1, 0.15) is 5.82 Å². The van der Waals surface area contributed by atoms with E-state index in [0.717, 1.165) is 24.6 Å². The molecule has 1 N–H and O–H groups in total. The lowest BCUT2D eigenvalue weighted by Gasteiger charge is -2.11. The summed E-state index contributed by atoms with van der Waals surface area (Å²) in [5.41, 5.74) is 0. The topological polar surface area (TPSA) is 68.0 Å². The Balaban J connectivity index is 2.11. The summed E-state index contributed by atoms with van der Waals surface area (Å²) < 4.78 is 38.3. The van der Waals surface area contributed by atoms with Gasteiger partial charge in [-0.2, -0.15) is 13.2 Å². The van der Waals surface area contributed by atoms with E-state index in [-0.39, 0.29) is 23.4 Å². The fraction of sp³-hybridized carbons (Fsp3) is 0.700. The molecule has 0 amide bonds. The molecule has 106 valence electrons. The fourth-order valence-electron chi connectivity index (χ4n) is 1.63. The summed E-state index contributed by atoms with van der Waals surface area (Å²) in [6.45, 7) is -0.260. The quantitative estimate of drug-likeness (QED) is 0.815. The van der Waals surface area contributed by atoms with Gasteiger partial charge in [0.2, 0.25) is 0 Å². The van der Waals surface area contributed by atoms with E-state index in [1.165, 1.54) is 4.57 Å². The van der Waals surface area contributed by atoms with Crippen molar-refractivity contribution in [2.75, 3.05) is 5.75 Å². The summed E-state index contributed by atoms with van der Waals surface area (Å²) in [7, 11) is 0. The molecule has 1 aromatic rings. The molecule has 19 heavy (non-hydrogen) atoms. The first-order valence-electron chi connectivity index (χ1n) is 5.71. The number of hydrogen-bond donors (Lipinski definition) is 1. The number of hydrogen-bond acceptors (Lipinski definition) is 4. The molecule has 5 nitrogen and oxygen atoms in total. The van der Waals surface area contributed by atoms with E-state index < -0.39 is 18.6 Å². The second-order valence-electron chi connectivity index (χ2n) is 4.31. The molecule has 0 bridgehead atoms. The van der Waals surface area contributed by atoms with Crippen molar-refractivity contribution in [2.24, 2.45) is 0 Å². The van der Waals surface area contributed by atoms with Crippen LogP contribution in [0.15, 0.2) is 5.16 Å². The number of thioether (sulfide) groups is 1. The highest BCUT2D eigenvalue weighted by molar-refractivity contribution is 7.99. The van der Waals surface area contributed by atoms with E-state index in [4.69, 9.17) is 5.11 Å². The van der Waals surface area contributed by atoms with Crippen molar-refractivity contribution >= 4 is 17.7 Å². The van der Waals surface area contributed by atoms with Crippen molar-refractivity contribution in [3.8, 4) is 0 Å². The molecule has 9 heteroatoms. The van der Waals surface area contributed by atoms with Crippen LogP contribution in [0.25, 0.3) is 0 Å². The average molecular weight is 295 g/mol. The summed E-state index contributed by atoms with van der Waals surface area (Å²) in [6.07, 6.45) is -3.42. The Bertz CT molecular complexity index is 471. The summed E-state index contributed by atoms with van der Waals surface area (Å²) >= 11 is 0.894. The minimum absolute atomic E-state index is 0.167. The van der Waals surface area contributed by atoms with E-state index in [9.17, 15) is 18.0 Å². The van der Waals surface area contributed by atoms with Crippen molar-refractivity contribution in [2.45, 2.75) is 43.1 Å². The molecular weight excluding hydrogens is 283 g/mol. The van der Waals surface area contributed by atoms with Crippen LogP contribution in [0.4, 0.5) is 13.2 Å². The van der Waals surface area contributed by atoms with Gasteiger partial charge in [-0.15, -0.1) is 10.2 Å². The third-order valence-electron chi connectivity index (χ3n) is 2.63. The van der Waals surface area contributed by atoms with Crippen LogP contribution in [0, 0.1) is 0 Å². The van der Waals surface area contributed by atoms with Crippen LogP contribution < -0.4 is 0 Å². The number of alkyl halides is 3. The SMILES string of the molecule is O=C(O)CSc1nnc(C2CC2)n1CCC(F)(F)F. The van der Waals surface area contributed by atoms with Gasteiger partial charge in [-0.05, 0) is 12.8 Å². The number of carboxylic acids is 1. The Labute approximate surface area is 111 Å². The van der Waals surface area contributed by atoms with Crippen molar-refractivity contribution < 1.29 is 23.1 Å². The average Bonchev–Trinajstić information content (AvgIpc) is 3.04. The monoisotopic (exact) mass is 295 g/mol. The van der Waals surface area contributed by atoms with E-state index >= 15 is 0 Å². The maximum absolute atomic E-state index is 12.3. The first kappa shape index (κ1) is 14.2. The van der Waals surface area contributed by atoms with Crippen molar-refractivity contribution in [3.63, 3.8) is 0 Å². The van der Waals surface area contributed by atoms with Crippen LogP contribution in [0.1, 0.15) is 31.0 Å². The molecule has 1 fully saturated rings. The number of carbonyl (C=O) groups is 1. The first-order chi connectivity index (χ1) is 8.87. The highest BCUT2D eigenvalue weighted by Crippen LogP contribution is 2.40. The van der Waals surface area contributed by atoms with Crippen LogP contribution >= 0.6 is 11.8 Å². The summed E-state index contributed by atoms with van der Waals surface area (Å²) in [4.78, 5) is 10.5. The molecule has 1 heterocycles. The Morgan fingerprint density at radius 2 is 2.11 bits per heavy atom. The number of aromatic nitrogens is 3. The Morgan fingerprint density at radius 3 is 2.63 bits per heavy atom. The minimum atomic E-state index is -4.25. The van der Waals surface area contributed by atoms with Gasteiger partial charge in [0.05, 0.1) is 12.2 Å². The zero-order chi connectivity index (χ0) is 14.0. The van der Waals surface area contributed by atoms with Gasteiger partial charge in [-0.25, -0.2) is 0 Å². The molecule has 1 saturated carbocycles. The smallest absolute Gasteiger partial charge is 0.390 e. The van der Waals surface area contributed by atoms with Crippen LogP contribution in [0.2, 0.25) is 0 Å². The minimum Gasteiger partial charge on any atom is -0.481 e. The number of rotatable bonds is 6. The maximum Gasteiger partial charge on any atom is 0.390 e. The molecule has 1 aromatic heterocycles. The normalized spacial score (nSPS) is 15.7. The predicted molar refractivity (Wildman–Crippen MR) is 61.0 cm³/mol. The molecule has 2 rings (SSSR count).